The van der Waals surface area contributed by atoms with Gasteiger partial charge in [0.25, 0.3) is 0 Å². The molecule has 0 atom stereocenters. The van der Waals surface area contributed by atoms with Crippen molar-refractivity contribution in [2.75, 3.05) is 0 Å². The van der Waals surface area contributed by atoms with E-state index in [1.807, 2.05) is 97.1 Å². The molecule has 0 saturated heterocycles. The third-order valence-electron chi connectivity index (χ3n) is 11.6. The average Bonchev–Trinajstić information content (AvgIpc) is 3.66. The highest BCUT2D eigenvalue weighted by atomic mass is 16.3. The molecule has 0 bridgehead atoms. The third kappa shape index (κ3) is 4.98. The van der Waals surface area contributed by atoms with E-state index in [-0.39, 0.29) is 56.5 Å². The van der Waals surface area contributed by atoms with Crippen molar-refractivity contribution in [2.45, 2.75) is 51.4 Å². The maximum Gasteiger partial charge on any atom is 0.143 e. The van der Waals surface area contributed by atoms with Gasteiger partial charge in [-0.05, 0) is 113 Å². The van der Waals surface area contributed by atoms with E-state index in [1.165, 1.54) is 5.56 Å². The molecule has 0 saturated carbocycles. The van der Waals surface area contributed by atoms with Crippen LogP contribution in [-0.2, 0) is 10.8 Å². The van der Waals surface area contributed by atoms with Crippen molar-refractivity contribution >= 4 is 43.5 Å². The van der Waals surface area contributed by atoms with Gasteiger partial charge in [-0.1, -0.05) is 167 Å². The highest BCUT2D eigenvalue weighted by molar-refractivity contribution is 6.22. The average molecular weight is 691 g/mol. The number of hydrogen-bond donors (Lipinski definition) is 0. The maximum absolute atomic E-state index is 9.65. The van der Waals surface area contributed by atoms with Crippen LogP contribution in [0.3, 0.4) is 0 Å². The Labute approximate surface area is 322 Å². The monoisotopic (exact) mass is 690 g/mol. The van der Waals surface area contributed by atoms with Crippen molar-refractivity contribution in [1.82, 2.24) is 0 Å². The predicted molar refractivity (Wildman–Crippen MR) is 226 cm³/mol. The molecule has 1 heterocycles. The molecule has 0 amide bonds. The summed E-state index contributed by atoms with van der Waals surface area (Å²) in [6.07, 6.45) is 1.91. The van der Waals surface area contributed by atoms with Crippen molar-refractivity contribution in [3.8, 4) is 44.5 Å². The van der Waals surface area contributed by atoms with Gasteiger partial charge in [0.05, 0.1) is 11.0 Å². The zero-order valence-corrected chi connectivity index (χ0v) is 30.2. The van der Waals surface area contributed by atoms with Gasteiger partial charge in [0.15, 0.2) is 0 Å². The zero-order chi connectivity index (χ0) is 42.9. The molecule has 1 aromatic heterocycles. The van der Waals surface area contributed by atoms with Crippen molar-refractivity contribution in [3.63, 3.8) is 0 Å². The summed E-state index contributed by atoms with van der Waals surface area (Å²) < 4.78 is 80.9. The van der Waals surface area contributed by atoms with Gasteiger partial charge >= 0.3 is 0 Å². The molecule has 256 valence electrons. The number of para-hydroxylation sites is 2. The van der Waals surface area contributed by atoms with Crippen LogP contribution in [0, 0.1) is 0 Å². The molecular formula is C52H42O. The first-order chi connectivity index (χ1) is 29.1. The quantitative estimate of drug-likeness (QED) is 0.168. The maximum atomic E-state index is 9.65. The van der Waals surface area contributed by atoms with Gasteiger partial charge in [-0.25, -0.2) is 0 Å². The Morgan fingerprint density at radius 2 is 0.962 bits per heavy atom. The zero-order valence-electron chi connectivity index (χ0n) is 38.2. The minimum absolute atomic E-state index is 0.157. The van der Waals surface area contributed by atoms with Crippen LogP contribution in [0.25, 0.3) is 88.0 Å². The summed E-state index contributed by atoms with van der Waals surface area (Å²) in [5.41, 5.74) is 8.76. The van der Waals surface area contributed by atoms with Gasteiger partial charge < -0.3 is 4.42 Å². The predicted octanol–water partition coefficient (Wildman–Crippen LogP) is 14.9. The summed E-state index contributed by atoms with van der Waals surface area (Å²) in [4.78, 5) is 0. The molecule has 0 fully saturated rings. The molecule has 1 heteroatoms. The van der Waals surface area contributed by atoms with Crippen LogP contribution < -0.4 is 0 Å². The van der Waals surface area contributed by atoms with E-state index in [1.54, 1.807) is 0 Å². The molecule has 1 nitrogen and oxygen atoms in total. The first-order valence-corrected chi connectivity index (χ1v) is 18.3. The van der Waals surface area contributed by atoms with Gasteiger partial charge in [-0.15, -0.1) is 0 Å². The second-order valence-corrected chi connectivity index (χ2v) is 15.7. The topological polar surface area (TPSA) is 13.1 Å². The molecular weight excluding hydrogens is 641 g/mol. The second-order valence-electron chi connectivity index (χ2n) is 15.7. The summed E-state index contributed by atoms with van der Waals surface area (Å²) in [7, 11) is 0. The van der Waals surface area contributed by atoms with Gasteiger partial charge in [0.1, 0.15) is 11.2 Å². The van der Waals surface area contributed by atoms with Crippen molar-refractivity contribution in [3.05, 3.63) is 169 Å². The lowest BCUT2D eigenvalue weighted by atomic mass is 9.62. The van der Waals surface area contributed by atoms with Gasteiger partial charge in [-0.2, -0.15) is 0 Å². The van der Waals surface area contributed by atoms with Crippen LogP contribution in [0.4, 0.5) is 0 Å². The lowest BCUT2D eigenvalue weighted by molar-refractivity contribution is 0.332. The highest BCUT2D eigenvalue weighted by Crippen LogP contribution is 2.52. The largest absolute Gasteiger partial charge is 0.455 e. The van der Waals surface area contributed by atoms with Crippen LogP contribution in [0.1, 0.15) is 62.6 Å². The first-order valence-electron chi connectivity index (χ1n) is 22.3. The fraction of sp³-hybridized carbons (Fsp3) is 0.154. The van der Waals surface area contributed by atoms with Crippen LogP contribution in [-0.4, -0.2) is 0 Å². The van der Waals surface area contributed by atoms with E-state index in [0.717, 1.165) is 62.6 Å². The number of hydrogen-bond acceptors (Lipinski definition) is 1. The van der Waals surface area contributed by atoms with Crippen molar-refractivity contribution in [1.29, 1.82) is 0 Å². The van der Waals surface area contributed by atoms with E-state index in [9.17, 15) is 5.48 Å². The van der Waals surface area contributed by atoms with Crippen molar-refractivity contribution < 1.29 is 15.4 Å². The Hall–Kier alpha value is -5.92. The number of rotatable bonds is 4. The van der Waals surface area contributed by atoms with Crippen LogP contribution in [0.15, 0.2) is 162 Å². The molecule has 8 aromatic carbocycles. The van der Waals surface area contributed by atoms with Gasteiger partial charge in [-0.3, -0.25) is 0 Å². The molecule has 0 unspecified atom stereocenters. The molecule has 9 aromatic rings. The summed E-state index contributed by atoms with van der Waals surface area (Å²) in [6.45, 7) is 8.96. The van der Waals surface area contributed by atoms with E-state index >= 15 is 0 Å². The summed E-state index contributed by atoms with van der Waals surface area (Å²) in [5, 5.41) is 2.81. The Bertz CT molecular complexity index is 3250. The van der Waals surface area contributed by atoms with Crippen LogP contribution in [0.5, 0.6) is 0 Å². The minimum Gasteiger partial charge on any atom is -0.455 e. The second kappa shape index (κ2) is 11.8. The Morgan fingerprint density at radius 3 is 1.60 bits per heavy atom. The molecule has 53 heavy (non-hydrogen) atoms. The SMILES string of the molecule is [2H]c1c([2H])c([2H])c2c(-c3cc4c(cc3-c3ccccc3)C(C)(C)CCC4(C)C)c3c([2H])c([2H])c([2H])c([2H])c3c(-c3ccc(-c4cccc5c4oc4ccccc45)cc3)c2c1[2H]. The van der Waals surface area contributed by atoms with Crippen molar-refractivity contribution in [2.24, 2.45) is 0 Å². The number of benzene rings is 8. The third-order valence-corrected chi connectivity index (χ3v) is 11.6. The summed E-state index contributed by atoms with van der Waals surface area (Å²) in [5.74, 6) is 0. The van der Waals surface area contributed by atoms with E-state index in [4.69, 9.17) is 9.90 Å². The van der Waals surface area contributed by atoms with E-state index in [0.29, 0.717) is 22.3 Å². The normalized spacial score (nSPS) is 17.1. The smallest absolute Gasteiger partial charge is 0.143 e. The fourth-order valence-electron chi connectivity index (χ4n) is 8.65. The molecule has 0 radical (unpaired) electrons. The summed E-state index contributed by atoms with van der Waals surface area (Å²) >= 11 is 0. The Kier molecular flexibility index (Phi) is 5.42. The first kappa shape index (κ1) is 24.3. The molecule has 0 spiro atoms. The van der Waals surface area contributed by atoms with E-state index in [2.05, 4.69) is 39.8 Å². The highest BCUT2D eigenvalue weighted by Gasteiger charge is 2.38. The van der Waals surface area contributed by atoms with E-state index < -0.39 is 24.2 Å². The Morgan fingerprint density at radius 1 is 0.453 bits per heavy atom. The van der Waals surface area contributed by atoms with Crippen LogP contribution in [0.2, 0.25) is 0 Å². The number of furan rings is 1. The van der Waals surface area contributed by atoms with Gasteiger partial charge in [0, 0.05) is 16.3 Å². The molecule has 1 aliphatic carbocycles. The summed E-state index contributed by atoms with van der Waals surface area (Å²) in [6, 6.07) is 33.0. The molecule has 0 aliphatic heterocycles. The molecule has 10 rings (SSSR count). The number of fused-ring (bicyclic) bond motifs is 6. The van der Waals surface area contributed by atoms with Crippen LogP contribution >= 0.6 is 0 Å². The lowest BCUT2D eigenvalue weighted by Crippen LogP contribution is -2.34. The molecule has 1 aliphatic rings. The standard InChI is InChI=1S/C52H42O/c1-51(2)29-30-52(3,4)46-32-44(43(31-45(46)51)33-15-6-5-7-16-33)49-40-20-10-8-18-38(40)48(39-19-9-11-21-41(39)49)35-27-25-34(26-28-35)36-22-14-23-42-37-17-12-13-24-47(37)53-50(36)42/h5-28,31-32H,29-30H2,1-4H3/i8D,9D,10D,11D,18D,19D,20D,21D. The Balaban J connectivity index is 1.36. The van der Waals surface area contributed by atoms with Gasteiger partial charge in [0.2, 0.25) is 0 Å². The molecule has 0 N–H and O–H groups in total. The fourth-order valence-corrected chi connectivity index (χ4v) is 8.65. The lowest BCUT2D eigenvalue weighted by Gasteiger charge is -2.42. The minimum atomic E-state index is -0.422.